The topological polar surface area (TPSA) is 92.6 Å². The minimum absolute atomic E-state index is 0.169. The van der Waals surface area contributed by atoms with E-state index in [0.717, 1.165) is 31.2 Å². The van der Waals surface area contributed by atoms with Crippen molar-refractivity contribution in [3.05, 3.63) is 53.6 Å². The van der Waals surface area contributed by atoms with Crippen molar-refractivity contribution < 1.29 is 19.4 Å². The van der Waals surface area contributed by atoms with E-state index >= 15 is 0 Å². The molecule has 0 bridgehead atoms. The quantitative estimate of drug-likeness (QED) is 0.884. The van der Waals surface area contributed by atoms with E-state index in [1.165, 1.54) is 11.8 Å². The zero-order chi connectivity index (χ0) is 18.5. The van der Waals surface area contributed by atoms with Crippen molar-refractivity contribution in [2.75, 3.05) is 20.2 Å². The van der Waals surface area contributed by atoms with Crippen molar-refractivity contribution in [2.45, 2.75) is 19.3 Å². The van der Waals surface area contributed by atoms with Gasteiger partial charge in [-0.05, 0) is 36.8 Å². The number of carbonyl (C=O) groups excluding carboxylic acids is 1. The number of nitrogens with zero attached hydrogens (tertiary/aromatic N) is 3. The predicted molar refractivity (Wildman–Crippen MR) is 94.3 cm³/mol. The van der Waals surface area contributed by atoms with Crippen molar-refractivity contribution >= 4 is 11.9 Å². The molecule has 1 aromatic carbocycles. The van der Waals surface area contributed by atoms with Crippen LogP contribution in [0.5, 0.6) is 5.75 Å². The minimum Gasteiger partial charge on any atom is -0.496 e. The number of likely N-dealkylation sites (tertiary alicyclic amines) is 1. The van der Waals surface area contributed by atoms with Crippen molar-refractivity contribution in [1.29, 1.82) is 0 Å². The number of rotatable bonds is 5. The monoisotopic (exact) mass is 355 g/mol. The van der Waals surface area contributed by atoms with E-state index in [1.54, 1.807) is 12.0 Å². The van der Waals surface area contributed by atoms with Gasteiger partial charge in [0.25, 0.3) is 5.91 Å². The molecule has 0 spiro atoms. The fourth-order valence-corrected chi connectivity index (χ4v) is 3.23. The summed E-state index contributed by atoms with van der Waals surface area (Å²) in [5.74, 6) is 0.0365. The largest absolute Gasteiger partial charge is 0.496 e. The molecule has 1 N–H and O–H groups in total. The highest BCUT2D eigenvalue weighted by atomic mass is 16.5. The Morgan fingerprint density at radius 3 is 2.42 bits per heavy atom. The van der Waals surface area contributed by atoms with Crippen LogP contribution in [0.4, 0.5) is 0 Å². The Morgan fingerprint density at radius 1 is 1.15 bits per heavy atom. The van der Waals surface area contributed by atoms with E-state index in [-0.39, 0.29) is 17.3 Å². The molecule has 1 aromatic heterocycles. The second-order valence-corrected chi connectivity index (χ2v) is 6.34. The van der Waals surface area contributed by atoms with Crippen LogP contribution < -0.4 is 4.74 Å². The van der Waals surface area contributed by atoms with Gasteiger partial charge in [-0.1, -0.05) is 18.2 Å². The number of aromatic nitrogens is 2. The summed E-state index contributed by atoms with van der Waals surface area (Å²) in [6, 6.07) is 8.01. The summed E-state index contributed by atoms with van der Waals surface area (Å²) in [7, 11) is 1.68. The molecular weight excluding hydrogens is 334 g/mol. The van der Waals surface area contributed by atoms with Crippen LogP contribution in [0.15, 0.2) is 36.7 Å². The van der Waals surface area contributed by atoms with Crippen LogP contribution in [0.2, 0.25) is 0 Å². The van der Waals surface area contributed by atoms with E-state index in [9.17, 15) is 9.59 Å². The molecule has 1 amide bonds. The first-order valence-electron chi connectivity index (χ1n) is 8.55. The number of piperidine rings is 1. The zero-order valence-electron chi connectivity index (χ0n) is 14.6. The lowest BCUT2D eigenvalue weighted by molar-refractivity contribution is 0.0669. The van der Waals surface area contributed by atoms with Gasteiger partial charge in [0.2, 0.25) is 0 Å². The molecule has 0 aliphatic carbocycles. The maximum atomic E-state index is 12.5. The number of para-hydroxylation sites is 1. The van der Waals surface area contributed by atoms with Crippen LogP contribution >= 0.6 is 0 Å². The number of carboxylic acid groups (broad SMARTS) is 1. The fourth-order valence-electron chi connectivity index (χ4n) is 3.23. The van der Waals surface area contributed by atoms with Gasteiger partial charge in [-0.2, -0.15) is 0 Å². The third kappa shape index (κ3) is 3.99. The first-order valence-corrected chi connectivity index (χ1v) is 8.55. The van der Waals surface area contributed by atoms with Crippen molar-refractivity contribution in [3.63, 3.8) is 0 Å². The van der Waals surface area contributed by atoms with Gasteiger partial charge < -0.3 is 14.7 Å². The lowest BCUT2D eigenvalue weighted by Crippen LogP contribution is -2.39. The first kappa shape index (κ1) is 17.8. The molecule has 7 heteroatoms. The second kappa shape index (κ2) is 7.95. The number of methoxy groups -OCH3 is 1. The Labute approximate surface area is 151 Å². The smallest absolute Gasteiger partial charge is 0.356 e. The van der Waals surface area contributed by atoms with E-state index < -0.39 is 5.97 Å². The Morgan fingerprint density at radius 2 is 1.81 bits per heavy atom. The van der Waals surface area contributed by atoms with Gasteiger partial charge in [0.1, 0.15) is 11.4 Å². The summed E-state index contributed by atoms with van der Waals surface area (Å²) < 4.78 is 5.41. The van der Waals surface area contributed by atoms with E-state index in [1.807, 2.05) is 18.2 Å². The molecule has 3 rings (SSSR count). The molecule has 1 saturated heterocycles. The van der Waals surface area contributed by atoms with Crippen LogP contribution in [0.25, 0.3) is 0 Å². The average Bonchev–Trinajstić information content (AvgIpc) is 2.68. The number of aromatic carboxylic acids is 1. The molecule has 2 heterocycles. The molecule has 0 unspecified atom stereocenters. The summed E-state index contributed by atoms with van der Waals surface area (Å²) in [5.41, 5.74) is 1.20. The van der Waals surface area contributed by atoms with Crippen LogP contribution in [0.3, 0.4) is 0 Å². The van der Waals surface area contributed by atoms with Crippen LogP contribution in [0.1, 0.15) is 39.4 Å². The lowest BCUT2D eigenvalue weighted by Gasteiger charge is -2.32. The molecule has 26 heavy (non-hydrogen) atoms. The molecule has 0 radical (unpaired) electrons. The molecule has 136 valence electrons. The Bertz CT molecular complexity index is 784. The highest BCUT2D eigenvalue weighted by Crippen LogP contribution is 2.27. The van der Waals surface area contributed by atoms with Crippen LogP contribution in [-0.4, -0.2) is 52.1 Å². The van der Waals surface area contributed by atoms with Gasteiger partial charge in [-0.25, -0.2) is 14.8 Å². The Hall–Kier alpha value is -2.96. The van der Waals surface area contributed by atoms with Crippen molar-refractivity contribution in [3.8, 4) is 5.75 Å². The van der Waals surface area contributed by atoms with E-state index in [2.05, 4.69) is 16.0 Å². The molecule has 7 nitrogen and oxygen atoms in total. The summed E-state index contributed by atoms with van der Waals surface area (Å²) in [6.45, 7) is 1.31. The molecule has 0 atom stereocenters. The third-order valence-corrected chi connectivity index (χ3v) is 4.69. The van der Waals surface area contributed by atoms with Gasteiger partial charge in [0.05, 0.1) is 19.5 Å². The normalized spacial score (nSPS) is 14.9. The molecule has 1 fully saturated rings. The van der Waals surface area contributed by atoms with Gasteiger partial charge >= 0.3 is 5.97 Å². The number of amides is 1. The predicted octanol–water partition coefficient (Wildman–Crippen LogP) is 2.28. The number of benzene rings is 1. The van der Waals surface area contributed by atoms with E-state index in [0.29, 0.717) is 19.0 Å². The van der Waals surface area contributed by atoms with Crippen LogP contribution in [0, 0.1) is 5.92 Å². The number of carboxylic acids is 1. The van der Waals surface area contributed by atoms with Gasteiger partial charge in [0.15, 0.2) is 5.69 Å². The van der Waals surface area contributed by atoms with Crippen molar-refractivity contribution in [2.24, 2.45) is 5.92 Å². The number of carbonyl (C=O) groups is 2. The molecule has 0 saturated carbocycles. The van der Waals surface area contributed by atoms with Gasteiger partial charge in [-0.3, -0.25) is 4.79 Å². The lowest BCUT2D eigenvalue weighted by atomic mass is 9.89. The Balaban J connectivity index is 1.57. The average molecular weight is 355 g/mol. The van der Waals surface area contributed by atoms with Gasteiger partial charge in [0, 0.05) is 13.1 Å². The van der Waals surface area contributed by atoms with Crippen molar-refractivity contribution in [1.82, 2.24) is 14.9 Å². The van der Waals surface area contributed by atoms with E-state index in [4.69, 9.17) is 9.84 Å². The molecule has 1 aliphatic heterocycles. The maximum Gasteiger partial charge on any atom is 0.356 e. The minimum atomic E-state index is -1.16. The molecule has 1 aliphatic rings. The number of hydrogen-bond donors (Lipinski definition) is 1. The SMILES string of the molecule is COc1ccccc1CC1CCN(C(=O)c2cnc(C(=O)O)cn2)CC1. The Kier molecular flexibility index (Phi) is 5.46. The summed E-state index contributed by atoms with van der Waals surface area (Å²) in [6.07, 6.45) is 5.09. The summed E-state index contributed by atoms with van der Waals surface area (Å²) >= 11 is 0. The molecule has 2 aromatic rings. The third-order valence-electron chi connectivity index (χ3n) is 4.69. The highest BCUT2D eigenvalue weighted by molar-refractivity contribution is 5.92. The first-order chi connectivity index (χ1) is 12.6. The maximum absolute atomic E-state index is 12.5. The second-order valence-electron chi connectivity index (χ2n) is 6.34. The standard InChI is InChI=1S/C19H21N3O4/c1-26-17-5-3-2-4-14(17)10-13-6-8-22(9-7-13)18(23)15-11-21-16(12-20-15)19(24)25/h2-5,11-13H,6-10H2,1H3,(H,24,25). The summed E-state index contributed by atoms with van der Waals surface area (Å²) in [4.78, 5) is 32.8. The van der Waals surface area contributed by atoms with Crippen LogP contribution in [-0.2, 0) is 6.42 Å². The number of hydrogen-bond acceptors (Lipinski definition) is 5. The highest BCUT2D eigenvalue weighted by Gasteiger charge is 2.25. The number of ether oxygens (including phenoxy) is 1. The fraction of sp³-hybridized carbons (Fsp3) is 0.368. The van der Waals surface area contributed by atoms with Gasteiger partial charge in [-0.15, -0.1) is 0 Å². The summed E-state index contributed by atoms with van der Waals surface area (Å²) in [5, 5.41) is 8.84. The zero-order valence-corrected chi connectivity index (χ0v) is 14.6. The molecular formula is C19H21N3O4.